The minimum atomic E-state index is -0.129. The Morgan fingerprint density at radius 1 is 0.976 bits per heavy atom. The lowest BCUT2D eigenvalue weighted by Gasteiger charge is -2.28. The van der Waals surface area contributed by atoms with Gasteiger partial charge in [0.1, 0.15) is 12.0 Å². The average molecular weight is 559 g/mol. The summed E-state index contributed by atoms with van der Waals surface area (Å²) in [4.78, 5) is 15.2. The van der Waals surface area contributed by atoms with Crippen molar-refractivity contribution in [2.24, 2.45) is 5.10 Å². The number of hydrogen-bond acceptors (Lipinski definition) is 7. The second kappa shape index (κ2) is 10.2. The smallest absolute Gasteiger partial charge is 0.141 e. The van der Waals surface area contributed by atoms with E-state index in [1.54, 1.807) is 6.33 Å². The van der Waals surface area contributed by atoms with E-state index in [-0.39, 0.29) is 6.61 Å². The predicted molar refractivity (Wildman–Crippen MR) is 164 cm³/mol. The molecule has 2 fully saturated rings. The molecular formula is C33H34N8O. The number of aliphatic hydroxyl groups is 1. The van der Waals surface area contributed by atoms with Crippen LogP contribution in [0.1, 0.15) is 65.5 Å². The molecule has 9 nitrogen and oxygen atoms in total. The fourth-order valence-electron chi connectivity index (χ4n) is 6.65. The second-order valence-corrected chi connectivity index (χ2v) is 11.9. The van der Waals surface area contributed by atoms with Crippen LogP contribution in [-0.4, -0.2) is 61.5 Å². The maximum atomic E-state index is 10.7. The molecule has 212 valence electrons. The summed E-state index contributed by atoms with van der Waals surface area (Å²) in [7, 11) is 2.18. The van der Waals surface area contributed by atoms with Crippen molar-refractivity contribution in [3.8, 4) is 22.5 Å². The number of anilines is 1. The molecule has 9 heteroatoms. The summed E-state index contributed by atoms with van der Waals surface area (Å²) < 4.78 is 0. The second-order valence-electron chi connectivity index (χ2n) is 11.9. The molecule has 0 atom stereocenters. The Bertz CT molecular complexity index is 1810. The van der Waals surface area contributed by atoms with Gasteiger partial charge < -0.3 is 15.0 Å². The van der Waals surface area contributed by atoms with E-state index < -0.39 is 0 Å². The number of hydrogen-bond donors (Lipinski definition) is 3. The molecule has 5 aromatic rings. The van der Waals surface area contributed by atoms with Crippen molar-refractivity contribution in [2.75, 3.05) is 25.1 Å². The third-order valence-electron chi connectivity index (χ3n) is 9.23. The molecule has 1 aliphatic carbocycles. The van der Waals surface area contributed by atoms with Crippen LogP contribution in [0.4, 0.5) is 5.69 Å². The first-order chi connectivity index (χ1) is 20.7. The fraction of sp³-hybridized carbons (Fsp3) is 0.333. The summed E-state index contributed by atoms with van der Waals surface area (Å²) in [5.74, 6) is 1.16. The number of aromatic nitrogens is 5. The minimum absolute atomic E-state index is 0.129. The van der Waals surface area contributed by atoms with E-state index in [0.29, 0.717) is 18.4 Å². The van der Waals surface area contributed by atoms with Crippen LogP contribution in [-0.2, 0) is 13.2 Å². The fourth-order valence-corrected chi connectivity index (χ4v) is 6.65. The molecule has 2 aromatic carbocycles. The number of nitrogens with one attached hydrogen (secondary N) is 2. The van der Waals surface area contributed by atoms with E-state index in [1.807, 2.05) is 35.6 Å². The van der Waals surface area contributed by atoms with Crippen LogP contribution >= 0.6 is 0 Å². The molecule has 0 radical (unpaired) electrons. The highest BCUT2D eigenvalue weighted by Crippen LogP contribution is 2.42. The molecular weight excluding hydrogens is 524 g/mol. The van der Waals surface area contributed by atoms with Gasteiger partial charge in [-0.15, -0.1) is 0 Å². The first kappa shape index (κ1) is 25.4. The van der Waals surface area contributed by atoms with E-state index in [1.165, 1.54) is 35.2 Å². The molecule has 1 saturated heterocycles. The first-order valence-corrected chi connectivity index (χ1v) is 14.9. The number of hydrazone groups is 1. The Kier molecular flexibility index (Phi) is 6.15. The van der Waals surface area contributed by atoms with Crippen molar-refractivity contribution < 1.29 is 5.11 Å². The van der Waals surface area contributed by atoms with Crippen molar-refractivity contribution in [2.45, 2.75) is 50.7 Å². The number of aromatic amines is 2. The maximum Gasteiger partial charge on any atom is 0.141 e. The monoisotopic (exact) mass is 558 g/mol. The van der Waals surface area contributed by atoms with Crippen molar-refractivity contribution in [1.82, 2.24) is 30.0 Å². The molecule has 3 aromatic heterocycles. The van der Waals surface area contributed by atoms with E-state index >= 15 is 0 Å². The normalized spacial score (nSPS) is 17.7. The molecule has 42 heavy (non-hydrogen) atoms. The summed E-state index contributed by atoms with van der Waals surface area (Å²) in [6.45, 7) is 2.69. The summed E-state index contributed by atoms with van der Waals surface area (Å²) in [5, 5.41) is 26.1. The van der Waals surface area contributed by atoms with E-state index in [9.17, 15) is 5.11 Å². The maximum absolute atomic E-state index is 10.7. The molecule has 0 spiro atoms. The third kappa shape index (κ3) is 4.40. The molecule has 8 rings (SSSR count). The van der Waals surface area contributed by atoms with Gasteiger partial charge >= 0.3 is 0 Å². The largest absolute Gasteiger partial charge is 0.392 e. The van der Waals surface area contributed by atoms with Crippen LogP contribution < -0.4 is 5.01 Å². The highest BCUT2D eigenvalue weighted by molar-refractivity contribution is 5.96. The number of H-pyrrole nitrogens is 2. The van der Waals surface area contributed by atoms with E-state index in [4.69, 9.17) is 10.1 Å². The van der Waals surface area contributed by atoms with Gasteiger partial charge in [0.15, 0.2) is 0 Å². The van der Waals surface area contributed by atoms with Crippen LogP contribution in [0.25, 0.3) is 33.5 Å². The van der Waals surface area contributed by atoms with Gasteiger partial charge in [-0.3, -0.25) is 10.1 Å². The Morgan fingerprint density at radius 3 is 2.69 bits per heavy atom. The summed E-state index contributed by atoms with van der Waals surface area (Å²) in [5.41, 5.74) is 11.2. The summed E-state index contributed by atoms with van der Waals surface area (Å²) in [6, 6.07) is 15.0. The minimum Gasteiger partial charge on any atom is -0.392 e. The molecule has 0 bridgehead atoms. The van der Waals surface area contributed by atoms with Gasteiger partial charge in [-0.05, 0) is 86.6 Å². The van der Waals surface area contributed by atoms with Gasteiger partial charge in [-0.2, -0.15) is 10.2 Å². The van der Waals surface area contributed by atoms with Gasteiger partial charge in [0.05, 0.1) is 42.6 Å². The molecule has 2 aliphatic heterocycles. The zero-order chi connectivity index (χ0) is 28.2. The molecule has 1 saturated carbocycles. The number of benzene rings is 2. The standard InChI is InChI=1S/C33H34N8O/c1-40-11-9-21(10-12-40)31-27(16-36-39-31)29-14-26-32(34-19-35-33(26)38-29)25-3-2-4-30(28(25)18-42)41-17-23-8-7-22(20-5-6-20)13-24(23)15-37-41/h2-4,7-8,13-16,19-21,42H,5-6,9-12,17-18H2,1H3,(H,36,39)(H,34,35,38). The van der Waals surface area contributed by atoms with Crippen molar-refractivity contribution in [3.63, 3.8) is 0 Å². The number of nitrogens with zero attached hydrogens (tertiary/aromatic N) is 6. The van der Waals surface area contributed by atoms with Gasteiger partial charge in [0.25, 0.3) is 0 Å². The van der Waals surface area contributed by atoms with Crippen LogP contribution in [0.5, 0.6) is 0 Å². The summed E-state index contributed by atoms with van der Waals surface area (Å²) >= 11 is 0. The van der Waals surface area contributed by atoms with E-state index in [2.05, 4.69) is 56.4 Å². The van der Waals surface area contributed by atoms with Gasteiger partial charge in [0, 0.05) is 33.7 Å². The Morgan fingerprint density at radius 2 is 1.86 bits per heavy atom. The first-order valence-electron chi connectivity index (χ1n) is 14.9. The lowest BCUT2D eigenvalue weighted by atomic mass is 9.91. The summed E-state index contributed by atoms with van der Waals surface area (Å²) in [6.07, 6.45) is 10.2. The quantitative estimate of drug-likeness (QED) is 0.252. The number of rotatable bonds is 6. The van der Waals surface area contributed by atoms with Crippen LogP contribution in [0.3, 0.4) is 0 Å². The molecule has 3 N–H and O–H groups in total. The number of likely N-dealkylation sites (tertiary alicyclic amines) is 1. The average Bonchev–Trinajstić information content (AvgIpc) is 3.60. The zero-order valence-electron chi connectivity index (χ0n) is 23.7. The zero-order valence-corrected chi connectivity index (χ0v) is 23.7. The Balaban J connectivity index is 1.15. The highest BCUT2D eigenvalue weighted by atomic mass is 16.3. The topological polar surface area (TPSA) is 109 Å². The van der Waals surface area contributed by atoms with Gasteiger partial charge in [-0.1, -0.05) is 24.3 Å². The molecule has 0 amide bonds. The van der Waals surface area contributed by atoms with E-state index in [0.717, 1.165) is 70.7 Å². The lowest BCUT2D eigenvalue weighted by molar-refractivity contribution is 0.253. The van der Waals surface area contributed by atoms with Crippen LogP contribution in [0, 0.1) is 0 Å². The van der Waals surface area contributed by atoms with Gasteiger partial charge in [-0.25, -0.2) is 9.97 Å². The molecule has 5 heterocycles. The Labute approximate surface area is 244 Å². The van der Waals surface area contributed by atoms with Crippen molar-refractivity contribution >= 4 is 22.9 Å². The predicted octanol–water partition coefficient (Wildman–Crippen LogP) is 5.55. The number of aliphatic hydroxyl groups excluding tert-OH is 1. The number of fused-ring (bicyclic) bond motifs is 2. The highest BCUT2D eigenvalue weighted by Gasteiger charge is 2.27. The third-order valence-corrected chi connectivity index (χ3v) is 9.23. The Hall–Kier alpha value is -4.34. The van der Waals surface area contributed by atoms with Crippen LogP contribution in [0.2, 0.25) is 0 Å². The SMILES string of the molecule is CN1CCC(c2[nH]ncc2-c2cc3c(-c4cccc(N5Cc6ccc(C7CC7)cc6C=N5)c4CO)ncnc3[nH]2)CC1. The van der Waals surface area contributed by atoms with Crippen LogP contribution in [0.15, 0.2) is 60.1 Å². The molecule has 0 unspecified atom stereocenters. The molecule has 3 aliphatic rings. The van der Waals surface area contributed by atoms with Crippen molar-refractivity contribution in [3.05, 3.63) is 82.9 Å². The lowest BCUT2D eigenvalue weighted by Crippen LogP contribution is -2.29. The van der Waals surface area contributed by atoms with Crippen molar-refractivity contribution in [1.29, 1.82) is 0 Å². The number of piperidine rings is 1. The van der Waals surface area contributed by atoms with Gasteiger partial charge in [0.2, 0.25) is 0 Å².